The molecule has 0 saturated carbocycles. The van der Waals surface area contributed by atoms with Gasteiger partial charge < -0.3 is 14.8 Å². The van der Waals surface area contributed by atoms with Crippen LogP contribution in [0.2, 0.25) is 0 Å². The molecule has 1 amide bonds. The highest BCUT2D eigenvalue weighted by molar-refractivity contribution is 7.94. The van der Waals surface area contributed by atoms with Gasteiger partial charge in [-0.05, 0) is 47.8 Å². The number of carbonyl (C=O) groups excluding carboxylic acids is 1. The van der Waals surface area contributed by atoms with Crippen molar-refractivity contribution in [3.8, 4) is 5.75 Å². The summed E-state index contributed by atoms with van der Waals surface area (Å²) in [7, 11) is -2.03. The Bertz CT molecular complexity index is 1050. The average molecular weight is 433 g/mol. The van der Waals surface area contributed by atoms with Crippen LogP contribution in [0.3, 0.4) is 0 Å². The van der Waals surface area contributed by atoms with Gasteiger partial charge in [-0.3, -0.25) is 9.52 Å². The van der Waals surface area contributed by atoms with Crippen molar-refractivity contribution in [2.24, 2.45) is 0 Å². The van der Waals surface area contributed by atoms with Crippen LogP contribution in [-0.2, 0) is 14.8 Å². The molecule has 0 radical (unpaired) electrons. The Balaban J connectivity index is 1.63. The molecular weight excluding hydrogens is 412 g/mol. The van der Waals surface area contributed by atoms with Crippen molar-refractivity contribution >= 4 is 38.6 Å². The van der Waals surface area contributed by atoms with E-state index in [0.29, 0.717) is 35.9 Å². The van der Waals surface area contributed by atoms with Crippen molar-refractivity contribution in [1.29, 1.82) is 0 Å². The molecule has 0 aliphatic rings. The Morgan fingerprint density at radius 1 is 1.00 bits per heavy atom. The molecule has 3 rings (SSSR count). The van der Waals surface area contributed by atoms with Gasteiger partial charge >= 0.3 is 0 Å². The number of sulfonamides is 1. The van der Waals surface area contributed by atoms with Crippen LogP contribution in [0.1, 0.15) is 10.4 Å². The maximum Gasteiger partial charge on any atom is 0.271 e. The van der Waals surface area contributed by atoms with Crippen LogP contribution in [0.15, 0.2) is 70.3 Å². The van der Waals surface area contributed by atoms with Gasteiger partial charge in [0.2, 0.25) is 0 Å². The molecule has 1 heterocycles. The van der Waals surface area contributed by atoms with Crippen molar-refractivity contribution in [2.75, 3.05) is 30.4 Å². The Morgan fingerprint density at radius 2 is 1.79 bits per heavy atom. The Hall–Kier alpha value is -2.88. The molecule has 0 saturated heterocycles. The van der Waals surface area contributed by atoms with E-state index in [1.165, 1.54) is 6.07 Å². The van der Waals surface area contributed by atoms with Crippen LogP contribution in [-0.4, -0.2) is 34.6 Å². The fraction of sp³-hybridized carbons (Fsp3) is 0.150. The van der Waals surface area contributed by atoms with Gasteiger partial charge in [0.1, 0.15) is 16.6 Å². The molecule has 7 nitrogen and oxygen atoms in total. The van der Waals surface area contributed by atoms with Crippen molar-refractivity contribution in [1.82, 2.24) is 0 Å². The summed E-state index contributed by atoms with van der Waals surface area (Å²) in [6.07, 6.45) is 0. The molecule has 29 heavy (non-hydrogen) atoms. The lowest BCUT2D eigenvalue weighted by Gasteiger charge is -2.10. The van der Waals surface area contributed by atoms with Crippen molar-refractivity contribution < 1.29 is 22.7 Å². The first-order valence-corrected chi connectivity index (χ1v) is 11.0. The highest BCUT2D eigenvalue weighted by Gasteiger charge is 2.15. The van der Waals surface area contributed by atoms with Gasteiger partial charge in [-0.25, -0.2) is 8.42 Å². The molecule has 0 aliphatic carbocycles. The Morgan fingerprint density at radius 3 is 2.48 bits per heavy atom. The van der Waals surface area contributed by atoms with Crippen molar-refractivity contribution in [2.45, 2.75) is 4.21 Å². The van der Waals surface area contributed by atoms with Crippen LogP contribution in [0, 0.1) is 0 Å². The van der Waals surface area contributed by atoms with Gasteiger partial charge in [0.05, 0.1) is 6.61 Å². The minimum absolute atomic E-state index is 0.229. The van der Waals surface area contributed by atoms with Gasteiger partial charge in [-0.15, -0.1) is 11.3 Å². The first-order chi connectivity index (χ1) is 14.0. The molecule has 0 spiro atoms. The van der Waals surface area contributed by atoms with Crippen LogP contribution in [0.4, 0.5) is 11.4 Å². The highest BCUT2D eigenvalue weighted by atomic mass is 32.2. The fourth-order valence-corrected chi connectivity index (χ4v) is 4.47. The zero-order valence-electron chi connectivity index (χ0n) is 15.6. The Labute approximate surface area is 173 Å². The first-order valence-electron chi connectivity index (χ1n) is 8.67. The number of benzene rings is 2. The summed E-state index contributed by atoms with van der Waals surface area (Å²) in [4.78, 5) is 12.5. The zero-order valence-corrected chi connectivity index (χ0v) is 17.3. The molecule has 9 heteroatoms. The number of nitrogens with one attached hydrogen (secondary N) is 2. The smallest absolute Gasteiger partial charge is 0.271 e. The minimum Gasteiger partial charge on any atom is -0.491 e. The van der Waals surface area contributed by atoms with E-state index in [-0.39, 0.29) is 10.1 Å². The van der Waals surface area contributed by atoms with Crippen LogP contribution in [0.25, 0.3) is 0 Å². The highest BCUT2D eigenvalue weighted by Crippen LogP contribution is 2.21. The molecule has 0 bridgehead atoms. The molecule has 0 aliphatic heterocycles. The van der Waals surface area contributed by atoms with Crippen molar-refractivity contribution in [3.63, 3.8) is 0 Å². The third-order valence-electron chi connectivity index (χ3n) is 3.81. The second-order valence-corrected chi connectivity index (χ2v) is 8.80. The number of methoxy groups -OCH3 is 1. The summed E-state index contributed by atoms with van der Waals surface area (Å²) in [5, 5.41) is 4.49. The van der Waals surface area contributed by atoms with E-state index in [2.05, 4.69) is 10.0 Å². The summed E-state index contributed by atoms with van der Waals surface area (Å²) in [5.74, 6) is 0.310. The third kappa shape index (κ3) is 5.80. The molecule has 2 N–H and O–H groups in total. The monoisotopic (exact) mass is 432 g/mol. The van der Waals surface area contributed by atoms with E-state index in [4.69, 9.17) is 9.47 Å². The molecule has 2 aromatic carbocycles. The lowest BCUT2D eigenvalue weighted by molar-refractivity contribution is 0.102. The third-order valence-corrected chi connectivity index (χ3v) is 6.59. The van der Waals surface area contributed by atoms with E-state index in [9.17, 15) is 13.2 Å². The summed E-state index contributed by atoms with van der Waals surface area (Å²) in [5.41, 5.74) is 1.37. The number of amides is 1. The van der Waals surface area contributed by atoms with Gasteiger partial charge in [0.15, 0.2) is 0 Å². The first kappa shape index (κ1) is 20.8. The minimum atomic E-state index is -3.62. The molecule has 0 unspecified atom stereocenters. The Kier molecular flexibility index (Phi) is 6.86. The molecule has 3 aromatic rings. The topological polar surface area (TPSA) is 93.7 Å². The van der Waals surface area contributed by atoms with Crippen molar-refractivity contribution in [3.05, 3.63) is 71.6 Å². The molecule has 0 fully saturated rings. The second-order valence-electron chi connectivity index (χ2n) is 5.94. The van der Waals surface area contributed by atoms with Crippen LogP contribution < -0.4 is 14.8 Å². The predicted octanol–water partition coefficient (Wildman–Crippen LogP) is 3.83. The maximum absolute atomic E-state index is 12.5. The van der Waals surface area contributed by atoms with E-state index in [1.807, 2.05) is 0 Å². The largest absolute Gasteiger partial charge is 0.491 e. The van der Waals surface area contributed by atoms with E-state index in [1.54, 1.807) is 67.1 Å². The lowest BCUT2D eigenvalue weighted by atomic mass is 10.2. The van der Waals surface area contributed by atoms with E-state index < -0.39 is 10.0 Å². The summed E-state index contributed by atoms with van der Waals surface area (Å²) >= 11 is 1.13. The van der Waals surface area contributed by atoms with Gasteiger partial charge in [0.25, 0.3) is 15.9 Å². The fourth-order valence-electron chi connectivity index (χ4n) is 2.42. The number of anilines is 2. The quantitative estimate of drug-likeness (QED) is 0.501. The zero-order chi connectivity index (χ0) is 20.7. The SMILES string of the molecule is COCCOc1cccc(NC(=O)c2ccc(NS(=O)(=O)c3cccs3)cc2)c1. The van der Waals surface area contributed by atoms with Gasteiger partial charge in [-0.2, -0.15) is 0 Å². The number of ether oxygens (including phenoxy) is 2. The second kappa shape index (κ2) is 9.55. The summed E-state index contributed by atoms with van der Waals surface area (Å²) in [6.45, 7) is 0.885. The average Bonchev–Trinajstić information content (AvgIpc) is 3.25. The van der Waals surface area contributed by atoms with Gasteiger partial charge in [0, 0.05) is 30.1 Å². The number of hydrogen-bond donors (Lipinski definition) is 2. The van der Waals surface area contributed by atoms with Crippen LogP contribution in [0.5, 0.6) is 5.75 Å². The number of rotatable bonds is 9. The molecule has 1 aromatic heterocycles. The predicted molar refractivity (Wildman–Crippen MR) is 113 cm³/mol. The van der Waals surface area contributed by atoms with Gasteiger partial charge in [-0.1, -0.05) is 12.1 Å². The number of hydrogen-bond acceptors (Lipinski definition) is 6. The normalized spacial score (nSPS) is 11.1. The van der Waals surface area contributed by atoms with E-state index in [0.717, 1.165) is 11.3 Å². The maximum atomic E-state index is 12.5. The molecule has 152 valence electrons. The molecule has 0 atom stereocenters. The number of thiophene rings is 1. The summed E-state index contributed by atoms with van der Waals surface area (Å²) < 4.78 is 37.7. The lowest BCUT2D eigenvalue weighted by Crippen LogP contribution is -2.13. The van der Waals surface area contributed by atoms with Crippen LogP contribution >= 0.6 is 11.3 Å². The van der Waals surface area contributed by atoms with E-state index >= 15 is 0 Å². The summed E-state index contributed by atoms with van der Waals surface area (Å²) in [6, 6.07) is 16.4. The number of carbonyl (C=O) groups is 1. The molecular formula is C20H20N2O5S2. The standard InChI is InChI=1S/C20H20N2O5S2/c1-26-11-12-27-18-5-2-4-17(14-18)21-20(23)15-7-9-16(10-8-15)22-29(24,25)19-6-3-13-28-19/h2-10,13-14,22H,11-12H2,1H3,(H,21,23).